The molecule has 3 aliphatic rings. The molecule has 10 nitrogen and oxygen atoms in total. The Labute approximate surface area is 272 Å². The van der Waals surface area contributed by atoms with E-state index in [1.165, 1.54) is 4.90 Å². The first kappa shape index (κ1) is 32.7. The molecular weight excluding hydrogens is 642 g/mol. The van der Waals surface area contributed by atoms with Crippen LogP contribution in [0.3, 0.4) is 0 Å². The molecule has 11 heteroatoms. The third-order valence-corrected chi connectivity index (χ3v) is 9.83. The van der Waals surface area contributed by atoms with Crippen molar-refractivity contribution in [1.82, 2.24) is 4.90 Å². The van der Waals surface area contributed by atoms with Gasteiger partial charge in [0.05, 0.1) is 44.3 Å². The van der Waals surface area contributed by atoms with Crippen LogP contribution in [0.4, 0.5) is 11.4 Å². The second-order valence-electron chi connectivity index (χ2n) is 11.5. The number of amides is 3. The van der Waals surface area contributed by atoms with Crippen LogP contribution in [0.15, 0.2) is 73.8 Å². The van der Waals surface area contributed by atoms with Gasteiger partial charge < -0.3 is 34.0 Å². The topological polar surface area (TPSA) is 109 Å². The summed E-state index contributed by atoms with van der Waals surface area (Å²) in [5, 5.41) is 10.3. The molecule has 3 fully saturated rings. The van der Waals surface area contributed by atoms with Crippen LogP contribution >= 0.6 is 15.9 Å². The number of hydrogen-bond donors (Lipinski definition) is 1. The Morgan fingerprint density at radius 1 is 1.07 bits per heavy atom. The summed E-state index contributed by atoms with van der Waals surface area (Å²) in [6.45, 7) is 11.8. The van der Waals surface area contributed by atoms with E-state index >= 15 is 0 Å². The maximum atomic E-state index is 14.7. The minimum absolute atomic E-state index is 0.173. The normalized spacial score (nSPS) is 27.1. The van der Waals surface area contributed by atoms with Gasteiger partial charge in [0.15, 0.2) is 0 Å². The number of benzene rings is 2. The molecule has 240 valence electrons. The largest absolute Gasteiger partial charge is 0.497 e. The van der Waals surface area contributed by atoms with E-state index < -0.39 is 35.6 Å². The van der Waals surface area contributed by atoms with Crippen LogP contribution in [-0.4, -0.2) is 89.8 Å². The van der Waals surface area contributed by atoms with Crippen molar-refractivity contribution in [1.29, 1.82) is 0 Å². The van der Waals surface area contributed by atoms with Crippen LogP contribution in [0.5, 0.6) is 11.5 Å². The molecule has 2 aromatic carbocycles. The van der Waals surface area contributed by atoms with Crippen molar-refractivity contribution in [3.05, 3.63) is 73.8 Å². The van der Waals surface area contributed by atoms with Crippen LogP contribution in [-0.2, 0) is 19.1 Å². The van der Waals surface area contributed by atoms with Gasteiger partial charge in [-0.25, -0.2) is 0 Å². The van der Waals surface area contributed by atoms with Gasteiger partial charge >= 0.3 is 0 Å². The van der Waals surface area contributed by atoms with Crippen molar-refractivity contribution < 1.29 is 33.7 Å². The molecule has 0 aromatic heterocycles. The van der Waals surface area contributed by atoms with Gasteiger partial charge in [0.2, 0.25) is 11.8 Å². The van der Waals surface area contributed by atoms with Gasteiger partial charge in [0.1, 0.15) is 23.1 Å². The number of carbonyl (C=O) groups excluding carboxylic acids is 3. The lowest BCUT2D eigenvalue weighted by molar-refractivity contribution is -0.143. The molecular formula is C34H40BrN3O7. The molecule has 3 amide bonds. The maximum Gasteiger partial charge on any atom is 0.253 e. The number of halogens is 1. The molecule has 5 rings (SSSR count). The van der Waals surface area contributed by atoms with E-state index in [-0.39, 0.29) is 42.2 Å². The smallest absolute Gasteiger partial charge is 0.253 e. The van der Waals surface area contributed by atoms with E-state index in [0.29, 0.717) is 35.9 Å². The maximum absolute atomic E-state index is 14.7. The molecule has 1 spiro atoms. The molecule has 2 aromatic rings. The number of ether oxygens (including phenoxy) is 3. The number of alkyl halides is 1. The van der Waals surface area contributed by atoms with Gasteiger partial charge in [-0.15, -0.1) is 13.2 Å². The second-order valence-corrected chi connectivity index (χ2v) is 12.7. The highest BCUT2D eigenvalue weighted by Crippen LogP contribution is 2.61. The quantitative estimate of drug-likeness (QED) is 0.252. The Morgan fingerprint density at radius 2 is 1.62 bits per heavy atom. The van der Waals surface area contributed by atoms with Crippen LogP contribution in [0.1, 0.15) is 20.3 Å². The van der Waals surface area contributed by atoms with E-state index in [9.17, 15) is 19.5 Å². The third kappa shape index (κ3) is 5.55. The van der Waals surface area contributed by atoms with Gasteiger partial charge in [-0.2, -0.15) is 0 Å². The highest BCUT2D eigenvalue weighted by Gasteiger charge is 2.77. The van der Waals surface area contributed by atoms with Crippen LogP contribution in [0.2, 0.25) is 0 Å². The first-order valence-electron chi connectivity index (χ1n) is 15.1. The fraction of sp³-hybridized carbons (Fsp3) is 0.441. The van der Waals surface area contributed by atoms with Crippen molar-refractivity contribution in [3.8, 4) is 11.5 Å². The third-order valence-electron chi connectivity index (χ3n) is 8.98. The minimum Gasteiger partial charge on any atom is -0.497 e. The highest BCUT2D eigenvalue weighted by atomic mass is 79.9. The lowest BCUT2D eigenvalue weighted by atomic mass is 9.70. The van der Waals surface area contributed by atoms with E-state index in [0.717, 1.165) is 0 Å². The molecule has 0 radical (unpaired) electrons. The molecule has 2 bridgehead atoms. The number of nitrogens with zero attached hydrogens (tertiary/aromatic N) is 3. The Hall–Kier alpha value is -3.67. The Balaban J connectivity index is 1.56. The summed E-state index contributed by atoms with van der Waals surface area (Å²) in [5.41, 5.74) is -0.0733. The molecule has 7 atom stereocenters. The fourth-order valence-electron chi connectivity index (χ4n) is 7.07. The number of rotatable bonds is 13. The number of hydrogen-bond acceptors (Lipinski definition) is 7. The average molecular weight is 683 g/mol. The Bertz CT molecular complexity index is 1430. The lowest BCUT2D eigenvalue weighted by Gasteiger charge is -2.38. The SMILES string of the molecule is C=CCN(C(=O)C1N([C@H](C)CO)C(=O)[C@@H]2[C@@H](C(=O)N(CC=C)c3ccc(OCC)cc3)[C@@H]3OC12CC3Br)c1ccc(OC)cc1. The molecule has 3 saturated heterocycles. The molecule has 3 aliphatic heterocycles. The summed E-state index contributed by atoms with van der Waals surface area (Å²) < 4.78 is 17.6. The summed E-state index contributed by atoms with van der Waals surface area (Å²) in [4.78, 5) is 47.9. The molecule has 45 heavy (non-hydrogen) atoms. The van der Waals surface area contributed by atoms with Crippen molar-refractivity contribution >= 4 is 45.0 Å². The first-order valence-corrected chi connectivity index (χ1v) is 16.0. The second kappa shape index (κ2) is 13.4. The first-order chi connectivity index (χ1) is 21.7. The molecule has 1 N–H and O–H groups in total. The number of aliphatic hydroxyl groups is 1. The van der Waals surface area contributed by atoms with Crippen molar-refractivity contribution in [2.45, 2.75) is 48.9 Å². The zero-order valence-corrected chi connectivity index (χ0v) is 27.4. The monoisotopic (exact) mass is 681 g/mol. The van der Waals surface area contributed by atoms with Gasteiger partial charge in [0, 0.05) is 29.3 Å². The number of aliphatic hydroxyl groups excluding tert-OH is 1. The van der Waals surface area contributed by atoms with Gasteiger partial charge in [0.25, 0.3) is 5.91 Å². The summed E-state index contributed by atoms with van der Waals surface area (Å²) in [6, 6.07) is 12.4. The summed E-state index contributed by atoms with van der Waals surface area (Å²) in [7, 11) is 1.56. The molecule has 3 unspecified atom stereocenters. The number of methoxy groups -OCH3 is 1. The zero-order chi connectivity index (χ0) is 32.5. The van der Waals surface area contributed by atoms with Crippen LogP contribution in [0.25, 0.3) is 0 Å². The number of fused-ring (bicyclic) bond motifs is 1. The average Bonchev–Trinajstić information content (AvgIpc) is 3.65. The number of anilines is 2. The van der Waals surface area contributed by atoms with Crippen molar-refractivity contribution in [2.24, 2.45) is 11.8 Å². The minimum atomic E-state index is -1.29. The highest BCUT2D eigenvalue weighted by molar-refractivity contribution is 9.09. The predicted molar refractivity (Wildman–Crippen MR) is 175 cm³/mol. The standard InChI is InChI=1S/C34H40BrN3O7/c1-6-17-36(22-11-15-25(16-12-22)44-8-3)31(40)27-28-32(41)38(21(4)20-39)30(34(28)19-26(35)29(27)45-34)33(42)37(18-7-2)23-9-13-24(43-5)14-10-23/h6-7,9-16,21,26-30,39H,1-2,8,17-20H2,3-5H3/t21-,26?,27-,28+,29-,30?,34?/m1/s1. The van der Waals surface area contributed by atoms with Crippen LogP contribution < -0.4 is 19.3 Å². The fourth-order valence-corrected chi connectivity index (χ4v) is 8.02. The zero-order valence-electron chi connectivity index (χ0n) is 25.8. The van der Waals surface area contributed by atoms with E-state index in [1.807, 2.05) is 6.92 Å². The van der Waals surface area contributed by atoms with Gasteiger partial charge in [-0.3, -0.25) is 14.4 Å². The molecule has 0 saturated carbocycles. The summed E-state index contributed by atoms with van der Waals surface area (Å²) >= 11 is 3.74. The van der Waals surface area contributed by atoms with Crippen LogP contribution in [0, 0.1) is 11.8 Å². The summed E-state index contributed by atoms with van der Waals surface area (Å²) in [5.74, 6) is -1.54. The lowest BCUT2D eigenvalue weighted by Crippen LogP contribution is -2.59. The number of carbonyl (C=O) groups is 3. The van der Waals surface area contributed by atoms with E-state index in [2.05, 4.69) is 29.1 Å². The van der Waals surface area contributed by atoms with Gasteiger partial charge in [-0.1, -0.05) is 28.1 Å². The Kier molecular flexibility index (Phi) is 9.71. The van der Waals surface area contributed by atoms with Gasteiger partial charge in [-0.05, 0) is 68.8 Å². The van der Waals surface area contributed by atoms with E-state index in [4.69, 9.17) is 14.2 Å². The number of likely N-dealkylation sites (tertiary alicyclic amines) is 1. The molecule has 0 aliphatic carbocycles. The van der Waals surface area contributed by atoms with Crippen molar-refractivity contribution in [3.63, 3.8) is 0 Å². The van der Waals surface area contributed by atoms with E-state index in [1.54, 1.807) is 84.5 Å². The predicted octanol–water partition coefficient (Wildman–Crippen LogP) is 3.96. The Morgan fingerprint density at radius 3 is 2.13 bits per heavy atom. The summed E-state index contributed by atoms with van der Waals surface area (Å²) in [6.07, 6.45) is 2.95. The van der Waals surface area contributed by atoms with Crippen molar-refractivity contribution in [2.75, 3.05) is 43.2 Å². The molecule has 3 heterocycles.